The Morgan fingerprint density at radius 3 is 2.65 bits per heavy atom. The third-order valence-electron chi connectivity index (χ3n) is 2.68. The maximum atomic E-state index is 6.20. The number of rotatable bonds is 6. The third kappa shape index (κ3) is 4.30. The first kappa shape index (κ1) is 15.5. The van der Waals surface area contributed by atoms with E-state index in [9.17, 15) is 0 Å². The highest BCUT2D eigenvalue weighted by Crippen LogP contribution is 2.31. The molecule has 1 N–H and O–H groups in total. The normalized spacial score (nSPS) is 10.6. The number of hydrogen-bond acceptors (Lipinski definition) is 3. The number of halogens is 2. The Hall–Kier alpha value is -0.900. The van der Waals surface area contributed by atoms with Crippen molar-refractivity contribution in [2.45, 2.75) is 24.0 Å². The summed E-state index contributed by atoms with van der Waals surface area (Å²) in [6.45, 7) is 3.03. The Morgan fingerprint density at radius 1 is 1.10 bits per heavy atom. The predicted molar refractivity (Wildman–Crippen MR) is 89.0 cm³/mol. The van der Waals surface area contributed by atoms with Crippen LogP contribution in [0.3, 0.4) is 0 Å². The number of aromatic nitrogens is 1. The highest BCUT2D eigenvalue weighted by molar-refractivity contribution is 7.98. The first-order valence-corrected chi connectivity index (χ1v) is 8.21. The summed E-state index contributed by atoms with van der Waals surface area (Å²) in [6, 6.07) is 11.6. The minimum Gasteiger partial charge on any atom is -0.370 e. The molecule has 2 aromatic rings. The number of thioether (sulfide) groups is 1. The van der Waals surface area contributed by atoms with Crippen molar-refractivity contribution in [1.82, 2.24) is 4.98 Å². The molecule has 0 saturated carbocycles. The molecule has 0 bridgehead atoms. The minimum absolute atomic E-state index is 0.687. The van der Waals surface area contributed by atoms with Gasteiger partial charge in [0.1, 0.15) is 5.82 Å². The first-order valence-electron chi connectivity index (χ1n) is 6.47. The van der Waals surface area contributed by atoms with Gasteiger partial charge in [-0.1, -0.05) is 42.3 Å². The molecule has 20 heavy (non-hydrogen) atoms. The predicted octanol–water partition coefficient (Wildman–Crippen LogP) is 5.50. The van der Waals surface area contributed by atoms with Crippen molar-refractivity contribution in [1.29, 1.82) is 0 Å². The molecule has 0 amide bonds. The van der Waals surface area contributed by atoms with E-state index in [1.165, 1.54) is 0 Å². The van der Waals surface area contributed by atoms with Gasteiger partial charge in [0, 0.05) is 17.2 Å². The molecule has 2 rings (SSSR count). The molecule has 0 saturated heterocycles. The molecule has 0 fully saturated rings. The highest BCUT2D eigenvalue weighted by atomic mass is 35.5. The Bertz CT molecular complexity index is 576. The van der Waals surface area contributed by atoms with Gasteiger partial charge in [-0.15, -0.1) is 11.8 Å². The number of benzene rings is 1. The lowest BCUT2D eigenvalue weighted by atomic mass is 10.3. The smallest absolute Gasteiger partial charge is 0.126 e. The Kier molecular flexibility index (Phi) is 6.02. The number of nitrogens with one attached hydrogen (secondary N) is 1. The third-order valence-corrected chi connectivity index (χ3v) is 4.55. The molecule has 2 nitrogen and oxygen atoms in total. The zero-order valence-electron chi connectivity index (χ0n) is 11.2. The first-order chi connectivity index (χ1) is 9.70. The summed E-state index contributed by atoms with van der Waals surface area (Å²) in [4.78, 5) is 5.59. The van der Waals surface area contributed by atoms with Crippen LogP contribution in [0.5, 0.6) is 0 Å². The number of hydrogen-bond donors (Lipinski definition) is 1. The molecule has 0 radical (unpaired) electrons. The molecule has 1 heterocycles. The molecule has 0 aliphatic heterocycles. The van der Waals surface area contributed by atoms with Gasteiger partial charge in [-0.3, -0.25) is 0 Å². The summed E-state index contributed by atoms with van der Waals surface area (Å²) in [5.74, 6) is 1.57. The minimum atomic E-state index is 0.687. The topological polar surface area (TPSA) is 24.9 Å². The molecular weight excluding hydrogens is 311 g/mol. The van der Waals surface area contributed by atoms with E-state index in [2.05, 4.69) is 17.2 Å². The zero-order valence-corrected chi connectivity index (χ0v) is 13.5. The van der Waals surface area contributed by atoms with Crippen LogP contribution in [-0.4, -0.2) is 11.5 Å². The Balaban J connectivity index is 2.07. The molecular formula is C15H16Cl2N2S. The summed E-state index contributed by atoms with van der Waals surface area (Å²) in [7, 11) is 0. The van der Waals surface area contributed by atoms with Crippen LogP contribution >= 0.6 is 35.0 Å². The van der Waals surface area contributed by atoms with Gasteiger partial charge in [0.25, 0.3) is 0 Å². The second kappa shape index (κ2) is 7.77. The van der Waals surface area contributed by atoms with E-state index in [-0.39, 0.29) is 0 Å². The summed E-state index contributed by atoms with van der Waals surface area (Å²) < 4.78 is 0. The SMILES string of the molecule is CCCNc1ccc(Cl)c(CSc2ccccc2Cl)n1. The summed E-state index contributed by atoms with van der Waals surface area (Å²) in [5.41, 5.74) is 0.873. The van der Waals surface area contributed by atoms with Crippen LogP contribution in [-0.2, 0) is 5.75 Å². The lowest BCUT2D eigenvalue weighted by Crippen LogP contribution is -2.03. The van der Waals surface area contributed by atoms with E-state index in [1.807, 2.05) is 36.4 Å². The summed E-state index contributed by atoms with van der Waals surface area (Å²) >= 11 is 14.0. The highest BCUT2D eigenvalue weighted by Gasteiger charge is 2.06. The maximum Gasteiger partial charge on any atom is 0.126 e. The van der Waals surface area contributed by atoms with Crippen LogP contribution in [0.1, 0.15) is 19.0 Å². The fourth-order valence-electron chi connectivity index (χ4n) is 1.65. The van der Waals surface area contributed by atoms with Crippen molar-refractivity contribution in [2.75, 3.05) is 11.9 Å². The molecule has 0 unspecified atom stereocenters. The van der Waals surface area contributed by atoms with E-state index in [0.717, 1.165) is 34.4 Å². The van der Waals surface area contributed by atoms with Crippen molar-refractivity contribution in [3.05, 3.63) is 52.1 Å². The average Bonchev–Trinajstić information content (AvgIpc) is 2.46. The van der Waals surface area contributed by atoms with E-state index in [4.69, 9.17) is 23.2 Å². The van der Waals surface area contributed by atoms with Crippen molar-refractivity contribution < 1.29 is 0 Å². The van der Waals surface area contributed by atoms with Crippen LogP contribution in [0.25, 0.3) is 0 Å². The second-order valence-electron chi connectivity index (χ2n) is 4.27. The van der Waals surface area contributed by atoms with Gasteiger partial charge in [-0.05, 0) is 30.7 Å². The average molecular weight is 327 g/mol. The molecule has 1 aromatic carbocycles. The van der Waals surface area contributed by atoms with Crippen molar-refractivity contribution >= 4 is 40.8 Å². The van der Waals surface area contributed by atoms with Gasteiger partial charge in [0.15, 0.2) is 0 Å². The molecule has 0 aliphatic rings. The zero-order chi connectivity index (χ0) is 14.4. The number of anilines is 1. The van der Waals surface area contributed by atoms with Crippen molar-refractivity contribution in [3.8, 4) is 0 Å². The van der Waals surface area contributed by atoms with Gasteiger partial charge < -0.3 is 5.32 Å². The molecule has 0 atom stereocenters. The van der Waals surface area contributed by atoms with Gasteiger partial charge >= 0.3 is 0 Å². The maximum absolute atomic E-state index is 6.20. The Morgan fingerprint density at radius 2 is 1.90 bits per heavy atom. The second-order valence-corrected chi connectivity index (χ2v) is 6.10. The molecule has 1 aromatic heterocycles. The molecule has 0 aliphatic carbocycles. The van der Waals surface area contributed by atoms with E-state index in [1.54, 1.807) is 11.8 Å². The van der Waals surface area contributed by atoms with Crippen LogP contribution in [0.4, 0.5) is 5.82 Å². The Labute approximate surface area is 133 Å². The van der Waals surface area contributed by atoms with Crippen LogP contribution < -0.4 is 5.32 Å². The van der Waals surface area contributed by atoms with E-state index >= 15 is 0 Å². The van der Waals surface area contributed by atoms with Crippen LogP contribution in [0, 0.1) is 0 Å². The lowest BCUT2D eigenvalue weighted by molar-refractivity contribution is 0.965. The van der Waals surface area contributed by atoms with E-state index < -0.39 is 0 Å². The van der Waals surface area contributed by atoms with Crippen molar-refractivity contribution in [3.63, 3.8) is 0 Å². The standard InChI is InChI=1S/C15H16Cl2N2S/c1-2-9-18-15-8-7-11(16)13(19-15)10-20-14-6-4-3-5-12(14)17/h3-8H,2,9-10H2,1H3,(H,18,19). The van der Waals surface area contributed by atoms with Crippen LogP contribution in [0.15, 0.2) is 41.3 Å². The van der Waals surface area contributed by atoms with Crippen LogP contribution in [0.2, 0.25) is 10.0 Å². The number of nitrogens with zero attached hydrogens (tertiary/aromatic N) is 1. The summed E-state index contributed by atoms with van der Waals surface area (Å²) in [6.07, 6.45) is 1.06. The quantitative estimate of drug-likeness (QED) is 0.709. The van der Waals surface area contributed by atoms with Gasteiger partial charge in [-0.25, -0.2) is 4.98 Å². The van der Waals surface area contributed by atoms with Gasteiger partial charge in [0.2, 0.25) is 0 Å². The fourth-order valence-corrected chi connectivity index (χ4v) is 3.09. The summed E-state index contributed by atoms with van der Waals surface area (Å²) in [5, 5.41) is 4.71. The van der Waals surface area contributed by atoms with Gasteiger partial charge in [-0.2, -0.15) is 0 Å². The number of pyridine rings is 1. The lowest BCUT2D eigenvalue weighted by Gasteiger charge is -2.09. The monoisotopic (exact) mass is 326 g/mol. The van der Waals surface area contributed by atoms with Gasteiger partial charge in [0.05, 0.1) is 15.7 Å². The van der Waals surface area contributed by atoms with E-state index in [0.29, 0.717) is 10.8 Å². The fraction of sp³-hybridized carbons (Fsp3) is 0.267. The van der Waals surface area contributed by atoms with Crippen molar-refractivity contribution in [2.24, 2.45) is 0 Å². The molecule has 0 spiro atoms. The molecule has 106 valence electrons. The largest absolute Gasteiger partial charge is 0.370 e. The molecule has 5 heteroatoms.